The van der Waals surface area contributed by atoms with Crippen molar-refractivity contribution in [1.82, 2.24) is 4.98 Å². The lowest BCUT2D eigenvalue weighted by atomic mass is 9.90. The fraction of sp³-hybridized carbons (Fsp3) is 0.351. The summed E-state index contributed by atoms with van der Waals surface area (Å²) in [6, 6.07) is 22.1. The van der Waals surface area contributed by atoms with Crippen molar-refractivity contribution < 1.29 is 23.8 Å². The van der Waals surface area contributed by atoms with E-state index in [4.69, 9.17) is 0 Å². The second-order valence-corrected chi connectivity index (χ2v) is 13.8. The summed E-state index contributed by atoms with van der Waals surface area (Å²) in [5.74, 6) is -2.55. The predicted octanol–water partition coefficient (Wildman–Crippen LogP) is 9.35. The van der Waals surface area contributed by atoms with Crippen LogP contribution in [0.3, 0.4) is 0 Å². The Morgan fingerprint density at radius 3 is 2.48 bits per heavy atom. The SMILES string of the molecule is CCC(S[C@H](CCc1ccccc1C(C)(C)O)c1cccc(C=Cc2ccc3cc(F)c(F)cc3n2)c1)C1(CC(=O)O)CC1. The Balaban J connectivity index is 1.42. The van der Waals surface area contributed by atoms with Gasteiger partial charge in [0.15, 0.2) is 11.6 Å². The molecule has 2 atom stereocenters. The molecule has 4 aromatic rings. The maximum atomic E-state index is 13.8. The van der Waals surface area contributed by atoms with E-state index in [-0.39, 0.29) is 22.3 Å². The number of aliphatic hydroxyl groups is 1. The summed E-state index contributed by atoms with van der Waals surface area (Å²) in [6.07, 6.45) is 8.41. The molecule has 0 bridgehead atoms. The third-order valence-electron chi connectivity index (χ3n) is 8.61. The number of nitrogens with zero attached hydrogens (tertiary/aromatic N) is 1. The molecule has 0 saturated heterocycles. The van der Waals surface area contributed by atoms with Crippen molar-refractivity contribution in [1.29, 1.82) is 0 Å². The predicted molar refractivity (Wildman–Crippen MR) is 175 cm³/mol. The van der Waals surface area contributed by atoms with Crippen molar-refractivity contribution in [3.8, 4) is 0 Å². The molecule has 2 N–H and O–H groups in total. The number of hydrogen-bond acceptors (Lipinski definition) is 4. The molecule has 1 aliphatic carbocycles. The number of fused-ring (bicyclic) bond motifs is 1. The lowest BCUT2D eigenvalue weighted by molar-refractivity contribution is -0.138. The van der Waals surface area contributed by atoms with Gasteiger partial charge in [-0.15, -0.1) is 11.8 Å². The minimum absolute atomic E-state index is 0.117. The van der Waals surface area contributed by atoms with Crippen LogP contribution in [0.15, 0.2) is 72.8 Å². The van der Waals surface area contributed by atoms with Crippen molar-refractivity contribution in [3.63, 3.8) is 0 Å². The number of aromatic nitrogens is 1. The Hall–Kier alpha value is -3.55. The van der Waals surface area contributed by atoms with E-state index in [0.29, 0.717) is 16.6 Å². The first-order chi connectivity index (χ1) is 21.0. The smallest absolute Gasteiger partial charge is 0.303 e. The van der Waals surface area contributed by atoms with E-state index in [9.17, 15) is 23.8 Å². The van der Waals surface area contributed by atoms with Crippen molar-refractivity contribution >= 4 is 40.8 Å². The lowest BCUT2D eigenvalue weighted by Gasteiger charge is -2.30. The topological polar surface area (TPSA) is 70.4 Å². The van der Waals surface area contributed by atoms with Crippen LogP contribution in [0.1, 0.15) is 86.1 Å². The van der Waals surface area contributed by atoms with Gasteiger partial charge < -0.3 is 10.2 Å². The van der Waals surface area contributed by atoms with Crippen LogP contribution in [0.5, 0.6) is 0 Å². The summed E-state index contributed by atoms with van der Waals surface area (Å²) in [5.41, 5.74) is 4.09. The Morgan fingerprint density at radius 1 is 1.02 bits per heavy atom. The van der Waals surface area contributed by atoms with Crippen LogP contribution in [0, 0.1) is 17.0 Å². The highest BCUT2D eigenvalue weighted by molar-refractivity contribution is 8.00. The van der Waals surface area contributed by atoms with E-state index >= 15 is 0 Å². The third kappa shape index (κ3) is 7.56. The standard InChI is InChI=1S/C37H39F2NO3S/c1-4-34(37(18-19-37)23-35(41)42)44-33(17-14-25-9-5-6-11-29(25)36(2,3)43)27-10-7-8-24(20-27)12-15-28-16-13-26-21-30(38)31(39)22-32(26)40-28/h5-13,15-16,20-22,33-34,43H,4,14,17-19,23H2,1-3H3,(H,41,42)/t33-,34?/m1/s1. The molecular formula is C37H39F2NO3S. The number of halogens is 2. The zero-order valence-corrected chi connectivity index (χ0v) is 26.2. The summed E-state index contributed by atoms with van der Waals surface area (Å²) in [6.45, 7) is 5.77. The van der Waals surface area contributed by atoms with Crippen LogP contribution < -0.4 is 0 Å². The molecule has 0 radical (unpaired) electrons. The second kappa shape index (κ2) is 13.2. The van der Waals surface area contributed by atoms with Crippen molar-refractivity contribution in [2.45, 2.75) is 75.4 Å². The monoisotopic (exact) mass is 615 g/mol. The number of carboxylic acids is 1. The number of aryl methyl sites for hydroxylation is 1. The van der Waals surface area contributed by atoms with Crippen LogP contribution in [0.2, 0.25) is 0 Å². The molecule has 1 aliphatic rings. The lowest BCUT2D eigenvalue weighted by Crippen LogP contribution is -2.23. The van der Waals surface area contributed by atoms with Gasteiger partial charge in [0.2, 0.25) is 0 Å². The highest BCUT2D eigenvalue weighted by atomic mass is 32.2. The molecule has 44 heavy (non-hydrogen) atoms. The molecule has 1 unspecified atom stereocenters. The van der Waals surface area contributed by atoms with Gasteiger partial charge in [-0.1, -0.05) is 67.6 Å². The molecule has 0 spiro atoms. The highest BCUT2D eigenvalue weighted by Gasteiger charge is 2.50. The molecule has 3 aromatic carbocycles. The number of carboxylic acid groups (broad SMARTS) is 1. The molecule has 230 valence electrons. The van der Waals surface area contributed by atoms with Crippen LogP contribution >= 0.6 is 11.8 Å². The van der Waals surface area contributed by atoms with E-state index in [0.717, 1.165) is 66.5 Å². The molecule has 1 aromatic heterocycles. The van der Waals surface area contributed by atoms with E-state index in [1.165, 1.54) is 0 Å². The van der Waals surface area contributed by atoms with Gasteiger partial charge in [0.05, 0.1) is 23.2 Å². The molecule has 4 nitrogen and oxygen atoms in total. The minimum Gasteiger partial charge on any atom is -0.481 e. The van der Waals surface area contributed by atoms with Crippen LogP contribution in [0.4, 0.5) is 8.78 Å². The molecular weight excluding hydrogens is 576 g/mol. The molecule has 5 rings (SSSR count). The fourth-order valence-electron chi connectivity index (χ4n) is 6.15. The van der Waals surface area contributed by atoms with Crippen LogP contribution in [-0.4, -0.2) is 26.4 Å². The van der Waals surface area contributed by atoms with Crippen molar-refractivity contribution in [2.75, 3.05) is 0 Å². The molecule has 0 amide bonds. The average Bonchev–Trinajstić information content (AvgIpc) is 3.76. The highest BCUT2D eigenvalue weighted by Crippen LogP contribution is 2.59. The van der Waals surface area contributed by atoms with Gasteiger partial charge in [0.1, 0.15) is 0 Å². The van der Waals surface area contributed by atoms with Gasteiger partial charge in [0, 0.05) is 22.0 Å². The van der Waals surface area contributed by atoms with E-state index in [1.54, 1.807) is 12.1 Å². The first-order valence-electron chi connectivity index (χ1n) is 15.2. The summed E-state index contributed by atoms with van der Waals surface area (Å²) >= 11 is 1.89. The van der Waals surface area contributed by atoms with Crippen molar-refractivity contribution in [2.24, 2.45) is 5.41 Å². The molecule has 0 aliphatic heterocycles. The number of thioether (sulfide) groups is 1. The van der Waals surface area contributed by atoms with Crippen LogP contribution in [-0.2, 0) is 16.8 Å². The average molecular weight is 616 g/mol. The van der Waals surface area contributed by atoms with Gasteiger partial charge in [-0.3, -0.25) is 4.79 Å². The second-order valence-electron chi connectivity index (χ2n) is 12.4. The summed E-state index contributed by atoms with van der Waals surface area (Å²) < 4.78 is 27.4. The van der Waals surface area contributed by atoms with Gasteiger partial charge in [-0.2, -0.15) is 0 Å². The minimum atomic E-state index is -0.952. The zero-order chi connectivity index (χ0) is 31.5. The largest absolute Gasteiger partial charge is 0.481 e. The third-order valence-corrected chi connectivity index (χ3v) is 10.6. The maximum absolute atomic E-state index is 13.8. The maximum Gasteiger partial charge on any atom is 0.303 e. The first kappa shape index (κ1) is 31.9. The van der Waals surface area contributed by atoms with Gasteiger partial charge in [0.25, 0.3) is 0 Å². The van der Waals surface area contributed by atoms with Gasteiger partial charge >= 0.3 is 5.97 Å². The quantitative estimate of drug-likeness (QED) is 0.157. The number of benzene rings is 3. The number of pyridine rings is 1. The Bertz CT molecular complexity index is 1680. The molecule has 1 fully saturated rings. The normalized spacial score (nSPS) is 15.9. The molecule has 7 heteroatoms. The fourth-order valence-corrected chi connectivity index (χ4v) is 7.91. The van der Waals surface area contributed by atoms with E-state index < -0.39 is 23.2 Å². The Kier molecular flexibility index (Phi) is 9.56. The van der Waals surface area contributed by atoms with Gasteiger partial charge in [-0.25, -0.2) is 13.8 Å². The van der Waals surface area contributed by atoms with E-state index in [1.807, 2.05) is 68.1 Å². The van der Waals surface area contributed by atoms with Crippen LogP contribution in [0.25, 0.3) is 23.1 Å². The summed E-state index contributed by atoms with van der Waals surface area (Å²) in [5, 5.41) is 21.3. The van der Waals surface area contributed by atoms with Gasteiger partial charge in [-0.05, 0) is 91.8 Å². The number of carbonyl (C=O) groups is 1. The zero-order valence-electron chi connectivity index (χ0n) is 25.4. The Morgan fingerprint density at radius 2 is 1.77 bits per heavy atom. The summed E-state index contributed by atoms with van der Waals surface area (Å²) in [7, 11) is 0. The summed E-state index contributed by atoms with van der Waals surface area (Å²) in [4.78, 5) is 16.2. The van der Waals surface area contributed by atoms with Crippen molar-refractivity contribution in [3.05, 3.63) is 112 Å². The number of hydrogen-bond donors (Lipinski definition) is 2. The number of rotatable bonds is 13. The molecule has 1 saturated carbocycles. The van der Waals surface area contributed by atoms with E-state index in [2.05, 4.69) is 30.1 Å². The Labute approximate surface area is 262 Å². The first-order valence-corrected chi connectivity index (χ1v) is 16.1. The molecule has 1 heterocycles. The number of aliphatic carboxylic acids is 1.